The number of carboxylic acids is 1. The van der Waals surface area contributed by atoms with Crippen molar-refractivity contribution in [1.29, 1.82) is 0 Å². The standard InChI is InChI=1S/C26H29NO11/c1-12(35-24(33)17(11-19(30)31)36-13(2)28)23(32)37-16-6-7-26(34)18-10-14-4-5-15(29)21-20(14)25(26,22(16)38-21)8-9-27(18)3/h4-6,12,17-18,22,29,34H,7-11H2,1-3H3,(H,30,31)/t12-,17-,18+,22?,25?,26+/m0/s1. The number of aromatic hydroxyl groups is 1. The zero-order valence-electron chi connectivity index (χ0n) is 21.1. The summed E-state index contributed by atoms with van der Waals surface area (Å²) in [6.07, 6.45) is -2.13. The summed E-state index contributed by atoms with van der Waals surface area (Å²) in [5.74, 6) is -4.14. The van der Waals surface area contributed by atoms with Gasteiger partial charge in [0.1, 0.15) is 5.76 Å². The Bertz CT molecular complexity index is 1240. The third-order valence-corrected chi connectivity index (χ3v) is 8.13. The molecule has 1 aromatic carbocycles. The van der Waals surface area contributed by atoms with E-state index in [0.29, 0.717) is 19.4 Å². The minimum atomic E-state index is -1.73. The normalized spacial score (nSPS) is 30.2. The van der Waals surface area contributed by atoms with Crippen LogP contribution < -0.4 is 4.74 Å². The number of aliphatic hydroxyl groups is 1. The first-order valence-electron chi connectivity index (χ1n) is 12.3. The highest BCUT2D eigenvalue weighted by molar-refractivity contribution is 5.86. The van der Waals surface area contributed by atoms with Crippen molar-refractivity contribution in [3.05, 3.63) is 35.1 Å². The van der Waals surface area contributed by atoms with E-state index in [1.54, 1.807) is 12.1 Å². The lowest BCUT2D eigenvalue weighted by Crippen LogP contribution is -2.74. The Morgan fingerprint density at radius 2 is 1.95 bits per heavy atom. The highest BCUT2D eigenvalue weighted by atomic mass is 16.6. The van der Waals surface area contributed by atoms with Crippen molar-refractivity contribution in [3.63, 3.8) is 0 Å². The molecule has 2 aliphatic heterocycles. The molecule has 1 fully saturated rings. The first-order valence-corrected chi connectivity index (χ1v) is 12.3. The fourth-order valence-corrected chi connectivity index (χ4v) is 6.47. The van der Waals surface area contributed by atoms with E-state index in [9.17, 15) is 29.4 Å². The van der Waals surface area contributed by atoms with Gasteiger partial charge in [0.05, 0.1) is 17.4 Å². The van der Waals surface area contributed by atoms with Crippen molar-refractivity contribution in [2.75, 3.05) is 13.6 Å². The van der Waals surface area contributed by atoms with E-state index >= 15 is 0 Å². The Morgan fingerprint density at radius 3 is 2.63 bits per heavy atom. The van der Waals surface area contributed by atoms with E-state index in [1.807, 2.05) is 13.1 Å². The van der Waals surface area contributed by atoms with Crippen LogP contribution in [0.2, 0.25) is 0 Å². The number of ether oxygens (including phenoxy) is 4. The largest absolute Gasteiger partial charge is 0.504 e. The van der Waals surface area contributed by atoms with Crippen LogP contribution in [0.1, 0.15) is 44.2 Å². The molecular formula is C26H29NO11. The minimum Gasteiger partial charge on any atom is -0.504 e. The van der Waals surface area contributed by atoms with Gasteiger partial charge in [0, 0.05) is 24.9 Å². The third kappa shape index (κ3) is 3.73. The average molecular weight is 532 g/mol. The van der Waals surface area contributed by atoms with Gasteiger partial charge in [-0.25, -0.2) is 9.59 Å². The summed E-state index contributed by atoms with van der Waals surface area (Å²) >= 11 is 0. The molecule has 5 rings (SSSR count). The van der Waals surface area contributed by atoms with Crippen LogP contribution in [0, 0.1) is 0 Å². The first-order chi connectivity index (χ1) is 17.9. The van der Waals surface area contributed by atoms with Crippen LogP contribution in [0.3, 0.4) is 0 Å². The number of likely N-dealkylation sites (N-methyl/N-ethyl adjacent to an activating group) is 1. The van der Waals surface area contributed by atoms with Gasteiger partial charge in [0.2, 0.25) is 6.10 Å². The average Bonchev–Trinajstić information content (AvgIpc) is 3.19. The van der Waals surface area contributed by atoms with Crippen LogP contribution >= 0.6 is 0 Å². The molecule has 0 aromatic heterocycles. The second kappa shape index (κ2) is 8.98. The maximum absolute atomic E-state index is 13.0. The topological polar surface area (TPSA) is 169 Å². The Hall–Kier alpha value is -3.64. The van der Waals surface area contributed by atoms with Crippen molar-refractivity contribution in [2.24, 2.45) is 0 Å². The maximum atomic E-state index is 13.0. The number of hydrogen-bond donors (Lipinski definition) is 3. The molecule has 0 amide bonds. The van der Waals surface area contributed by atoms with Gasteiger partial charge in [0.15, 0.2) is 23.7 Å². The summed E-state index contributed by atoms with van der Waals surface area (Å²) in [4.78, 5) is 49.8. The Morgan fingerprint density at radius 1 is 1.21 bits per heavy atom. The van der Waals surface area contributed by atoms with Crippen LogP contribution in [-0.4, -0.2) is 87.6 Å². The Balaban J connectivity index is 1.40. The molecule has 6 atom stereocenters. The van der Waals surface area contributed by atoms with Gasteiger partial charge < -0.3 is 39.2 Å². The van der Waals surface area contributed by atoms with Crippen molar-refractivity contribution in [3.8, 4) is 11.5 Å². The third-order valence-electron chi connectivity index (χ3n) is 8.13. The van der Waals surface area contributed by atoms with Crippen LogP contribution in [0.4, 0.5) is 0 Å². The van der Waals surface area contributed by atoms with Gasteiger partial charge >= 0.3 is 23.9 Å². The molecule has 12 heteroatoms. The quantitative estimate of drug-likeness (QED) is 0.330. The first kappa shape index (κ1) is 26.0. The van der Waals surface area contributed by atoms with E-state index < -0.39 is 59.6 Å². The molecule has 38 heavy (non-hydrogen) atoms. The van der Waals surface area contributed by atoms with Gasteiger partial charge in [-0.2, -0.15) is 0 Å². The highest BCUT2D eigenvalue weighted by Crippen LogP contribution is 2.65. The van der Waals surface area contributed by atoms with E-state index in [4.69, 9.17) is 24.1 Å². The molecule has 2 heterocycles. The van der Waals surface area contributed by atoms with Crippen LogP contribution in [-0.2, 0) is 45.2 Å². The maximum Gasteiger partial charge on any atom is 0.352 e. The Kier molecular flexibility index (Phi) is 6.14. The summed E-state index contributed by atoms with van der Waals surface area (Å²) in [6, 6.07) is 3.16. The number of carboxylic acid groups (broad SMARTS) is 1. The van der Waals surface area contributed by atoms with E-state index in [0.717, 1.165) is 18.1 Å². The van der Waals surface area contributed by atoms with Gasteiger partial charge in [-0.3, -0.25) is 9.59 Å². The molecular weight excluding hydrogens is 502 g/mol. The number of nitrogens with zero attached hydrogens (tertiary/aromatic N) is 1. The molecule has 3 N–H and O–H groups in total. The van der Waals surface area contributed by atoms with Gasteiger partial charge in [-0.15, -0.1) is 0 Å². The monoisotopic (exact) mass is 531 g/mol. The number of hydrogen-bond acceptors (Lipinski definition) is 11. The number of aliphatic carboxylic acids is 1. The molecule has 1 saturated heterocycles. The number of benzene rings is 1. The number of phenolic OH excluding ortho intramolecular Hbond substituents is 1. The fraction of sp³-hybridized carbons (Fsp3) is 0.538. The summed E-state index contributed by atoms with van der Waals surface area (Å²) in [6.45, 7) is 2.90. The lowest BCUT2D eigenvalue weighted by molar-refractivity contribution is -0.181. The van der Waals surface area contributed by atoms with Crippen LogP contribution in [0.15, 0.2) is 24.0 Å². The molecule has 1 spiro atoms. The summed E-state index contributed by atoms with van der Waals surface area (Å²) in [5.41, 5.74) is -0.517. The lowest BCUT2D eigenvalue weighted by atomic mass is 9.50. The van der Waals surface area contributed by atoms with E-state index in [-0.39, 0.29) is 29.7 Å². The van der Waals surface area contributed by atoms with Gasteiger partial charge in [-0.05, 0) is 51.1 Å². The Labute approximate surface area is 217 Å². The molecule has 1 aromatic rings. The molecule has 2 aliphatic carbocycles. The molecule has 2 bridgehead atoms. The van der Waals surface area contributed by atoms with E-state index in [2.05, 4.69) is 4.90 Å². The fourth-order valence-electron chi connectivity index (χ4n) is 6.47. The number of carbonyl (C=O) groups is 4. The van der Waals surface area contributed by atoms with Gasteiger partial charge in [-0.1, -0.05) is 6.07 Å². The van der Waals surface area contributed by atoms with Crippen molar-refractivity contribution in [1.82, 2.24) is 4.90 Å². The molecule has 2 unspecified atom stereocenters. The molecule has 0 saturated carbocycles. The second-order valence-electron chi connectivity index (χ2n) is 10.3. The number of rotatable bonds is 7. The minimum absolute atomic E-state index is 0.0739. The van der Waals surface area contributed by atoms with Crippen LogP contribution in [0.25, 0.3) is 0 Å². The van der Waals surface area contributed by atoms with Crippen molar-refractivity contribution in [2.45, 2.75) is 74.9 Å². The lowest BCUT2D eigenvalue weighted by Gasteiger charge is -2.61. The van der Waals surface area contributed by atoms with Crippen molar-refractivity contribution < 1.29 is 53.4 Å². The SMILES string of the molecule is CC(=O)O[C@@H](CC(=O)O)C(=O)O[C@@H](C)C(=O)OC1=CC[C@@]2(O)[C@H]3Cc4ccc(O)c5c4C2(CCN3C)C1O5. The number of esters is 3. The molecule has 12 nitrogen and oxygen atoms in total. The number of carbonyl (C=O) groups excluding carboxylic acids is 3. The van der Waals surface area contributed by atoms with Crippen LogP contribution in [0.5, 0.6) is 11.5 Å². The molecule has 4 aliphatic rings. The predicted octanol–water partition coefficient (Wildman–Crippen LogP) is 0.551. The summed E-state index contributed by atoms with van der Waals surface area (Å²) in [5, 5.41) is 31.7. The van der Waals surface area contributed by atoms with Crippen molar-refractivity contribution >= 4 is 23.9 Å². The number of likely N-dealkylation sites (tertiary alicyclic amines) is 1. The number of piperidine rings is 1. The number of phenols is 1. The zero-order chi connectivity index (χ0) is 27.6. The molecule has 0 radical (unpaired) electrons. The highest BCUT2D eigenvalue weighted by Gasteiger charge is 2.72. The summed E-state index contributed by atoms with van der Waals surface area (Å²) in [7, 11) is 1.95. The van der Waals surface area contributed by atoms with Gasteiger partial charge in [0.25, 0.3) is 0 Å². The molecule has 204 valence electrons. The second-order valence-corrected chi connectivity index (χ2v) is 10.3. The summed E-state index contributed by atoms with van der Waals surface area (Å²) < 4.78 is 21.6. The zero-order valence-corrected chi connectivity index (χ0v) is 21.1. The smallest absolute Gasteiger partial charge is 0.352 e. The van der Waals surface area contributed by atoms with E-state index in [1.165, 1.54) is 6.92 Å². The predicted molar refractivity (Wildman–Crippen MR) is 126 cm³/mol.